The quantitative estimate of drug-likeness (QED) is 0.517. The Morgan fingerprint density at radius 3 is 2.92 bits per heavy atom. The van der Waals surface area contributed by atoms with Crippen molar-refractivity contribution in [1.29, 1.82) is 0 Å². The van der Waals surface area contributed by atoms with Crippen molar-refractivity contribution in [3.8, 4) is 10.9 Å². The summed E-state index contributed by atoms with van der Waals surface area (Å²) in [5.41, 5.74) is 2.78. The lowest BCUT2D eigenvalue weighted by molar-refractivity contribution is -0.0230. The SMILES string of the molecule is CC(F)(F)COc1nc2c(s1)CCN(CCC1CCC(NC(=O)c3cccc4c3CCCO4)CC1)C2. The van der Waals surface area contributed by atoms with E-state index in [4.69, 9.17) is 9.47 Å². The van der Waals surface area contributed by atoms with E-state index in [1.807, 2.05) is 18.2 Å². The molecule has 6 nitrogen and oxygen atoms in total. The molecule has 0 spiro atoms. The Hall–Kier alpha value is -2.26. The molecule has 9 heteroatoms. The molecule has 1 fully saturated rings. The molecule has 1 aromatic heterocycles. The van der Waals surface area contributed by atoms with Gasteiger partial charge in [0, 0.05) is 42.1 Å². The monoisotopic (exact) mass is 519 g/mol. The lowest BCUT2D eigenvalue weighted by Gasteiger charge is -2.32. The maximum atomic E-state index is 13.1. The van der Waals surface area contributed by atoms with Gasteiger partial charge in [-0.1, -0.05) is 17.4 Å². The number of halogens is 2. The topological polar surface area (TPSA) is 63.7 Å². The molecule has 3 heterocycles. The molecule has 0 atom stereocenters. The van der Waals surface area contributed by atoms with Crippen LogP contribution in [0.2, 0.25) is 0 Å². The third-order valence-corrected chi connectivity index (χ3v) is 8.55. The molecule has 5 rings (SSSR count). The number of hydrogen-bond acceptors (Lipinski definition) is 6. The summed E-state index contributed by atoms with van der Waals surface area (Å²) >= 11 is 1.40. The zero-order chi connectivity index (χ0) is 25.1. The first-order chi connectivity index (χ1) is 17.3. The standard InChI is InChI=1S/C27H35F2N3O3S/c1-27(28,29)17-35-26-31-22-16-32(14-12-24(22)36-26)13-11-18-7-9-19(10-8-18)30-25(33)21-4-2-6-23-20(21)5-3-15-34-23/h2,4,6,18-19H,3,5,7-17H2,1H3,(H,30,33). The van der Waals surface area contributed by atoms with Gasteiger partial charge in [0.2, 0.25) is 0 Å². The van der Waals surface area contributed by atoms with Crippen molar-refractivity contribution in [2.45, 2.75) is 76.8 Å². The highest BCUT2D eigenvalue weighted by atomic mass is 32.1. The summed E-state index contributed by atoms with van der Waals surface area (Å²) in [6.07, 6.45) is 8.16. The molecule has 1 saturated carbocycles. The van der Waals surface area contributed by atoms with Gasteiger partial charge in [-0.05, 0) is 76.0 Å². The van der Waals surface area contributed by atoms with Crippen molar-refractivity contribution >= 4 is 17.2 Å². The fourth-order valence-corrected chi connectivity index (χ4v) is 6.40. The molecular formula is C27H35F2N3O3S. The number of rotatable bonds is 8. The van der Waals surface area contributed by atoms with Crippen molar-refractivity contribution in [2.24, 2.45) is 5.92 Å². The first kappa shape index (κ1) is 25.4. The van der Waals surface area contributed by atoms with Gasteiger partial charge in [0.05, 0.1) is 12.3 Å². The van der Waals surface area contributed by atoms with Crippen molar-refractivity contribution in [2.75, 3.05) is 26.3 Å². The second kappa shape index (κ2) is 11.0. The predicted molar refractivity (Wildman–Crippen MR) is 135 cm³/mol. The number of benzene rings is 1. The fraction of sp³-hybridized carbons (Fsp3) is 0.630. The molecule has 0 radical (unpaired) electrons. The summed E-state index contributed by atoms with van der Waals surface area (Å²) in [6, 6.07) is 6.00. The van der Waals surface area contributed by atoms with Gasteiger partial charge < -0.3 is 14.8 Å². The van der Waals surface area contributed by atoms with Crippen LogP contribution in [0.25, 0.3) is 0 Å². The zero-order valence-corrected chi connectivity index (χ0v) is 21.7. The van der Waals surface area contributed by atoms with Gasteiger partial charge in [-0.25, -0.2) is 13.8 Å². The molecule has 1 amide bonds. The van der Waals surface area contributed by atoms with Crippen LogP contribution in [-0.4, -0.2) is 54.1 Å². The van der Waals surface area contributed by atoms with Crippen LogP contribution in [0.15, 0.2) is 18.2 Å². The first-order valence-corrected chi connectivity index (χ1v) is 13.9. The third kappa shape index (κ3) is 6.35. The summed E-state index contributed by atoms with van der Waals surface area (Å²) < 4.78 is 37.1. The van der Waals surface area contributed by atoms with Crippen molar-refractivity contribution in [3.05, 3.63) is 39.9 Å². The summed E-state index contributed by atoms with van der Waals surface area (Å²) in [6.45, 7) is 3.69. The van der Waals surface area contributed by atoms with Crippen LogP contribution in [0.5, 0.6) is 10.9 Å². The lowest BCUT2D eigenvalue weighted by Crippen LogP contribution is -2.39. The molecule has 0 unspecified atom stereocenters. The van der Waals surface area contributed by atoms with Crippen LogP contribution in [0.1, 0.15) is 71.9 Å². The Labute approximate surface area is 215 Å². The number of hydrogen-bond donors (Lipinski definition) is 1. The molecular weight excluding hydrogens is 484 g/mol. The summed E-state index contributed by atoms with van der Waals surface area (Å²) in [7, 11) is 0. The van der Waals surface area contributed by atoms with E-state index in [-0.39, 0.29) is 11.9 Å². The number of fused-ring (bicyclic) bond motifs is 2. The Morgan fingerprint density at radius 2 is 2.11 bits per heavy atom. The van der Waals surface area contributed by atoms with Crippen LogP contribution in [0, 0.1) is 5.92 Å². The molecule has 36 heavy (non-hydrogen) atoms. The van der Waals surface area contributed by atoms with Crippen molar-refractivity contribution in [1.82, 2.24) is 15.2 Å². The number of carbonyl (C=O) groups excluding carboxylic acids is 1. The van der Waals surface area contributed by atoms with E-state index in [0.717, 1.165) is 112 Å². The number of thiazole rings is 1. The summed E-state index contributed by atoms with van der Waals surface area (Å²) in [5, 5.41) is 3.63. The second-order valence-corrected chi connectivity index (χ2v) is 11.5. The van der Waals surface area contributed by atoms with Gasteiger partial charge in [0.1, 0.15) is 5.75 Å². The highest BCUT2D eigenvalue weighted by Crippen LogP contribution is 2.33. The van der Waals surface area contributed by atoms with E-state index in [1.54, 1.807) is 0 Å². The number of nitrogens with one attached hydrogen (secondary N) is 1. The Balaban J connectivity index is 1.05. The lowest BCUT2D eigenvalue weighted by atomic mass is 9.83. The molecule has 3 aliphatic rings. The molecule has 2 aromatic rings. The number of amides is 1. The van der Waals surface area contributed by atoms with Gasteiger partial charge in [-0.3, -0.25) is 9.69 Å². The number of carbonyl (C=O) groups is 1. The molecule has 196 valence electrons. The number of nitrogens with zero attached hydrogens (tertiary/aromatic N) is 2. The number of ether oxygens (including phenoxy) is 2. The highest BCUT2D eigenvalue weighted by Gasteiger charge is 2.28. The molecule has 1 N–H and O–H groups in total. The summed E-state index contributed by atoms with van der Waals surface area (Å²) in [5.74, 6) is -1.31. The average Bonchev–Trinajstić information content (AvgIpc) is 3.29. The van der Waals surface area contributed by atoms with Crippen LogP contribution in [-0.2, 0) is 19.4 Å². The minimum atomic E-state index is -2.85. The van der Waals surface area contributed by atoms with E-state index >= 15 is 0 Å². The molecule has 1 aliphatic carbocycles. The van der Waals surface area contributed by atoms with Crippen LogP contribution in [0.4, 0.5) is 8.78 Å². The molecule has 0 saturated heterocycles. The average molecular weight is 520 g/mol. The Morgan fingerprint density at radius 1 is 1.28 bits per heavy atom. The van der Waals surface area contributed by atoms with Gasteiger partial charge in [-0.2, -0.15) is 0 Å². The van der Waals surface area contributed by atoms with Crippen molar-refractivity contribution < 1.29 is 23.0 Å². The molecule has 2 aliphatic heterocycles. The van der Waals surface area contributed by atoms with Gasteiger partial charge >= 0.3 is 0 Å². The largest absolute Gasteiger partial charge is 0.493 e. The van der Waals surface area contributed by atoms with E-state index in [2.05, 4.69) is 15.2 Å². The minimum absolute atomic E-state index is 0.0270. The van der Waals surface area contributed by atoms with E-state index in [0.29, 0.717) is 11.1 Å². The highest BCUT2D eigenvalue weighted by molar-refractivity contribution is 7.13. The second-order valence-electron chi connectivity index (χ2n) is 10.4. The minimum Gasteiger partial charge on any atom is -0.493 e. The van der Waals surface area contributed by atoms with Crippen LogP contribution < -0.4 is 14.8 Å². The fourth-order valence-electron chi connectivity index (χ4n) is 5.50. The molecule has 0 bridgehead atoms. The predicted octanol–water partition coefficient (Wildman–Crippen LogP) is 5.24. The van der Waals surface area contributed by atoms with E-state index in [9.17, 15) is 13.6 Å². The molecule has 1 aromatic carbocycles. The maximum absolute atomic E-state index is 13.1. The zero-order valence-electron chi connectivity index (χ0n) is 20.9. The third-order valence-electron chi connectivity index (χ3n) is 7.48. The Kier molecular flexibility index (Phi) is 7.76. The van der Waals surface area contributed by atoms with Gasteiger partial charge in [0.25, 0.3) is 17.0 Å². The van der Waals surface area contributed by atoms with Crippen molar-refractivity contribution in [3.63, 3.8) is 0 Å². The smallest absolute Gasteiger partial charge is 0.278 e. The number of alkyl halides is 2. The maximum Gasteiger partial charge on any atom is 0.278 e. The normalized spacial score (nSPS) is 22.3. The van der Waals surface area contributed by atoms with Gasteiger partial charge in [0.15, 0.2) is 6.61 Å². The van der Waals surface area contributed by atoms with Gasteiger partial charge in [-0.15, -0.1) is 0 Å². The van der Waals surface area contributed by atoms with E-state index < -0.39 is 12.5 Å². The number of aromatic nitrogens is 1. The Bertz CT molecular complexity index is 1060. The van der Waals surface area contributed by atoms with Crippen LogP contribution in [0.3, 0.4) is 0 Å². The first-order valence-electron chi connectivity index (χ1n) is 13.1. The van der Waals surface area contributed by atoms with E-state index in [1.165, 1.54) is 11.3 Å². The van der Waals surface area contributed by atoms with Crippen LogP contribution >= 0.6 is 11.3 Å². The summed E-state index contributed by atoms with van der Waals surface area (Å²) in [4.78, 5) is 21.0.